The molecule has 8 nitrogen and oxygen atoms in total. The molecule has 0 spiro atoms. The van der Waals surface area contributed by atoms with Crippen LogP contribution in [0.5, 0.6) is 11.5 Å². The van der Waals surface area contributed by atoms with Gasteiger partial charge in [0.05, 0.1) is 14.2 Å². The Kier molecular flexibility index (Phi) is 11.5. The topological polar surface area (TPSA) is 106 Å². The second-order valence-corrected chi connectivity index (χ2v) is 12.3. The van der Waals surface area contributed by atoms with Gasteiger partial charge in [-0.25, -0.2) is 0 Å². The number of rotatable bonds is 12. The Morgan fingerprint density at radius 1 is 0.673 bits per heavy atom. The molecule has 49 heavy (non-hydrogen) atoms. The summed E-state index contributed by atoms with van der Waals surface area (Å²) in [7, 11) is 3.07. The summed E-state index contributed by atoms with van der Waals surface area (Å²) >= 11 is 1.41. The number of aryl methyl sites for hydroxylation is 2. The van der Waals surface area contributed by atoms with Gasteiger partial charge >= 0.3 is 0 Å². The van der Waals surface area contributed by atoms with Gasteiger partial charge in [0.2, 0.25) is 5.91 Å². The van der Waals surface area contributed by atoms with Crippen molar-refractivity contribution in [3.63, 3.8) is 0 Å². The number of methoxy groups -OCH3 is 2. The molecule has 5 aromatic carbocycles. The van der Waals surface area contributed by atoms with Gasteiger partial charge in [0, 0.05) is 21.8 Å². The zero-order valence-corrected chi connectivity index (χ0v) is 28.5. The number of amides is 3. The third-order valence-electron chi connectivity index (χ3n) is 7.73. The van der Waals surface area contributed by atoms with Gasteiger partial charge in [-0.3, -0.25) is 14.4 Å². The van der Waals surface area contributed by atoms with E-state index in [1.807, 2.05) is 80.6 Å². The minimum absolute atomic E-state index is 0.0340. The van der Waals surface area contributed by atoms with E-state index in [4.69, 9.17) is 9.47 Å². The maximum Gasteiger partial charge on any atom is 0.272 e. The first-order valence-corrected chi connectivity index (χ1v) is 16.4. The maximum atomic E-state index is 13.6. The minimum atomic E-state index is -0.521. The van der Waals surface area contributed by atoms with Crippen molar-refractivity contribution in [2.75, 3.05) is 24.9 Å². The summed E-state index contributed by atoms with van der Waals surface area (Å²) in [5.74, 6) is -0.0744. The molecule has 0 fully saturated rings. The Balaban J connectivity index is 1.35. The average Bonchev–Trinajstić information content (AvgIpc) is 3.13. The summed E-state index contributed by atoms with van der Waals surface area (Å²) in [5.41, 5.74) is 5.43. The first kappa shape index (κ1) is 34.5. The van der Waals surface area contributed by atoms with Gasteiger partial charge in [-0.2, -0.15) is 0 Å². The number of thioether (sulfide) groups is 1. The van der Waals surface area contributed by atoms with Crippen molar-refractivity contribution in [1.82, 2.24) is 5.32 Å². The van der Waals surface area contributed by atoms with Crippen LogP contribution in [-0.2, 0) is 9.59 Å². The number of carbonyl (C=O) groups excluding carboxylic acids is 3. The molecule has 0 aliphatic heterocycles. The number of hydrogen-bond donors (Lipinski definition) is 3. The van der Waals surface area contributed by atoms with E-state index in [-0.39, 0.29) is 11.6 Å². The fourth-order valence-electron chi connectivity index (χ4n) is 4.93. The fraction of sp³-hybridized carbons (Fsp3) is 0.125. The predicted molar refractivity (Wildman–Crippen MR) is 196 cm³/mol. The first-order valence-electron chi connectivity index (χ1n) is 15.6. The van der Waals surface area contributed by atoms with E-state index in [2.05, 4.69) is 16.0 Å². The van der Waals surface area contributed by atoms with E-state index in [0.29, 0.717) is 28.3 Å². The summed E-state index contributed by atoms with van der Waals surface area (Å²) < 4.78 is 10.7. The Labute approximate surface area is 290 Å². The smallest absolute Gasteiger partial charge is 0.272 e. The zero-order valence-electron chi connectivity index (χ0n) is 27.7. The van der Waals surface area contributed by atoms with Crippen LogP contribution in [0.25, 0.3) is 6.08 Å². The Morgan fingerprint density at radius 3 is 1.98 bits per heavy atom. The number of ether oxygens (including phenoxy) is 2. The molecule has 1 unspecified atom stereocenters. The van der Waals surface area contributed by atoms with Crippen molar-refractivity contribution in [3.05, 3.63) is 155 Å². The van der Waals surface area contributed by atoms with Crippen molar-refractivity contribution in [3.8, 4) is 11.5 Å². The highest BCUT2D eigenvalue weighted by molar-refractivity contribution is 8.00. The Hall–Kier alpha value is -5.80. The van der Waals surface area contributed by atoms with E-state index in [1.165, 1.54) is 18.9 Å². The van der Waals surface area contributed by atoms with Crippen molar-refractivity contribution >= 4 is 46.9 Å². The third kappa shape index (κ3) is 9.18. The van der Waals surface area contributed by atoms with Gasteiger partial charge in [0.1, 0.15) is 10.9 Å². The monoisotopic (exact) mass is 671 g/mol. The molecule has 0 saturated carbocycles. The number of benzene rings is 5. The van der Waals surface area contributed by atoms with E-state index >= 15 is 0 Å². The highest BCUT2D eigenvalue weighted by Gasteiger charge is 2.23. The van der Waals surface area contributed by atoms with Crippen molar-refractivity contribution < 1.29 is 23.9 Å². The van der Waals surface area contributed by atoms with E-state index in [0.717, 1.165) is 27.3 Å². The lowest BCUT2D eigenvalue weighted by Gasteiger charge is -2.18. The highest BCUT2D eigenvalue weighted by atomic mass is 32.2. The van der Waals surface area contributed by atoms with Crippen molar-refractivity contribution in [2.45, 2.75) is 24.0 Å². The lowest BCUT2D eigenvalue weighted by molar-refractivity contribution is -0.116. The van der Waals surface area contributed by atoms with Crippen molar-refractivity contribution in [1.29, 1.82) is 0 Å². The number of carbonyl (C=O) groups is 3. The second kappa shape index (κ2) is 16.3. The van der Waals surface area contributed by atoms with Crippen LogP contribution in [0.3, 0.4) is 0 Å². The molecule has 0 bridgehead atoms. The van der Waals surface area contributed by atoms with Gasteiger partial charge in [-0.1, -0.05) is 60.7 Å². The van der Waals surface area contributed by atoms with Crippen LogP contribution >= 0.6 is 11.8 Å². The molecule has 0 aliphatic carbocycles. The van der Waals surface area contributed by atoms with Gasteiger partial charge < -0.3 is 25.4 Å². The van der Waals surface area contributed by atoms with Gasteiger partial charge in [-0.05, 0) is 103 Å². The molecule has 3 N–H and O–H groups in total. The predicted octanol–water partition coefficient (Wildman–Crippen LogP) is 8.20. The molecular formula is C40H37N3O5S. The standard InChI is InChI=1S/C40H37N3O5S/c1-26-15-17-32(23-27(26)2)42-40(46)37(29-11-7-5-8-12-29)49-33-20-18-31(19-21-33)41-39(45)34(43-38(44)30-13-9-6-10-14-30)24-28-16-22-35(47-3)36(25-28)48-4/h5-25,37H,1-4H3,(H,41,45)(H,42,46)(H,43,44)/b34-24-. The molecule has 248 valence electrons. The van der Waals surface area contributed by atoms with Gasteiger partial charge in [-0.15, -0.1) is 11.8 Å². The molecule has 1 atom stereocenters. The first-order chi connectivity index (χ1) is 23.7. The lowest BCUT2D eigenvalue weighted by Crippen LogP contribution is -2.30. The maximum absolute atomic E-state index is 13.6. The van der Waals surface area contributed by atoms with Crippen molar-refractivity contribution in [2.24, 2.45) is 0 Å². The average molecular weight is 672 g/mol. The van der Waals surface area contributed by atoms with Gasteiger partial charge in [0.25, 0.3) is 11.8 Å². The van der Waals surface area contributed by atoms with Crippen LogP contribution < -0.4 is 25.4 Å². The number of anilines is 2. The SMILES string of the molecule is COc1ccc(/C=C(\NC(=O)c2ccccc2)C(=O)Nc2ccc(SC(C(=O)Nc3ccc(C)c(C)c3)c3ccccc3)cc2)cc1OC. The summed E-state index contributed by atoms with van der Waals surface area (Å²) in [5, 5.41) is 8.18. The quantitative estimate of drug-likeness (QED) is 0.0913. The summed E-state index contributed by atoms with van der Waals surface area (Å²) in [6, 6.07) is 36.5. The number of nitrogens with one attached hydrogen (secondary N) is 3. The largest absolute Gasteiger partial charge is 0.493 e. The molecule has 0 heterocycles. The van der Waals surface area contributed by atoms with Crippen LogP contribution in [0.15, 0.2) is 132 Å². The van der Waals surface area contributed by atoms with Crippen LogP contribution in [0.4, 0.5) is 11.4 Å². The molecule has 0 aliphatic rings. The summed E-state index contributed by atoms with van der Waals surface area (Å²) in [4.78, 5) is 41.1. The summed E-state index contributed by atoms with van der Waals surface area (Å²) in [6.45, 7) is 4.05. The molecule has 0 radical (unpaired) electrons. The molecule has 0 aromatic heterocycles. The molecule has 5 rings (SSSR count). The second-order valence-electron chi connectivity index (χ2n) is 11.2. The zero-order chi connectivity index (χ0) is 34.8. The van der Waals surface area contributed by atoms with Crippen LogP contribution in [0.1, 0.15) is 37.9 Å². The highest BCUT2D eigenvalue weighted by Crippen LogP contribution is 2.37. The normalized spacial score (nSPS) is 11.6. The fourth-order valence-corrected chi connectivity index (χ4v) is 5.96. The third-order valence-corrected chi connectivity index (χ3v) is 8.99. The molecular weight excluding hydrogens is 635 g/mol. The molecule has 3 amide bonds. The lowest BCUT2D eigenvalue weighted by atomic mass is 10.1. The number of hydrogen-bond acceptors (Lipinski definition) is 6. The Morgan fingerprint density at radius 2 is 1.33 bits per heavy atom. The molecule has 5 aromatic rings. The molecule has 9 heteroatoms. The van der Waals surface area contributed by atoms with E-state index in [9.17, 15) is 14.4 Å². The Bertz CT molecular complexity index is 1960. The van der Waals surface area contributed by atoms with Gasteiger partial charge in [0.15, 0.2) is 11.5 Å². The van der Waals surface area contributed by atoms with E-state index in [1.54, 1.807) is 67.8 Å². The van der Waals surface area contributed by atoms with E-state index < -0.39 is 17.1 Å². The van der Waals surface area contributed by atoms with Crippen LogP contribution in [-0.4, -0.2) is 31.9 Å². The van der Waals surface area contributed by atoms with Crippen LogP contribution in [0, 0.1) is 13.8 Å². The summed E-state index contributed by atoms with van der Waals surface area (Å²) in [6.07, 6.45) is 1.57. The minimum Gasteiger partial charge on any atom is -0.493 e. The van der Waals surface area contributed by atoms with Crippen LogP contribution in [0.2, 0.25) is 0 Å². The molecule has 0 saturated heterocycles.